The molecule has 15 heavy (non-hydrogen) atoms. The van der Waals surface area contributed by atoms with Gasteiger partial charge in [-0.15, -0.1) is 0 Å². The predicted molar refractivity (Wildman–Crippen MR) is 69.9 cm³/mol. The molecule has 0 bridgehead atoms. The summed E-state index contributed by atoms with van der Waals surface area (Å²) in [6.07, 6.45) is 10.2. The molecule has 1 aliphatic carbocycles. The molecule has 1 atom stereocenters. The van der Waals surface area contributed by atoms with Crippen LogP contribution < -0.4 is 11.3 Å². The van der Waals surface area contributed by atoms with E-state index >= 15 is 0 Å². The van der Waals surface area contributed by atoms with Crippen molar-refractivity contribution < 1.29 is 0 Å². The van der Waals surface area contributed by atoms with Crippen LogP contribution in [0.15, 0.2) is 11.6 Å². The van der Waals surface area contributed by atoms with Crippen molar-refractivity contribution in [3.8, 4) is 0 Å². The molecule has 3 N–H and O–H groups in total. The van der Waals surface area contributed by atoms with Crippen molar-refractivity contribution in [2.75, 3.05) is 11.5 Å². The van der Waals surface area contributed by atoms with Gasteiger partial charge in [-0.25, -0.2) is 0 Å². The highest BCUT2D eigenvalue weighted by atomic mass is 32.2. The molecule has 0 saturated heterocycles. The summed E-state index contributed by atoms with van der Waals surface area (Å²) in [5, 5.41) is 0. The molecule has 3 heteroatoms. The van der Waals surface area contributed by atoms with Crippen molar-refractivity contribution in [1.29, 1.82) is 0 Å². The van der Waals surface area contributed by atoms with Gasteiger partial charge in [-0.05, 0) is 37.9 Å². The summed E-state index contributed by atoms with van der Waals surface area (Å²) < 4.78 is 0. The van der Waals surface area contributed by atoms with Gasteiger partial charge in [0, 0.05) is 5.75 Å². The van der Waals surface area contributed by atoms with Gasteiger partial charge in [0.1, 0.15) is 0 Å². The third-order valence-corrected chi connectivity index (χ3v) is 4.12. The first-order valence-electron chi connectivity index (χ1n) is 6.11. The molecule has 0 amide bonds. The van der Waals surface area contributed by atoms with E-state index < -0.39 is 0 Å². The predicted octanol–water partition coefficient (Wildman–Crippen LogP) is 2.85. The first-order valence-corrected chi connectivity index (χ1v) is 7.26. The van der Waals surface area contributed by atoms with Crippen LogP contribution in [0.3, 0.4) is 0 Å². The molecule has 0 heterocycles. The number of hydrazine groups is 1. The molecule has 0 saturated carbocycles. The number of nitrogens with one attached hydrogen (secondary N) is 1. The number of allylic oxidation sites excluding steroid dienone is 1. The minimum Gasteiger partial charge on any atom is -0.271 e. The maximum absolute atomic E-state index is 5.63. The monoisotopic (exact) mass is 228 g/mol. The van der Waals surface area contributed by atoms with E-state index in [0.717, 1.165) is 5.75 Å². The largest absolute Gasteiger partial charge is 0.271 e. The minimum absolute atomic E-state index is 0.402. The standard InChI is InChI=1S/C12H24N2S/c1-2-9-15-10-12(14-13)11-7-5-3-4-6-8-11/h7,12,14H,2-6,8-10,13H2,1H3. The first kappa shape index (κ1) is 13.1. The highest BCUT2D eigenvalue weighted by Gasteiger charge is 2.13. The van der Waals surface area contributed by atoms with E-state index in [1.54, 1.807) is 5.57 Å². The molecule has 1 unspecified atom stereocenters. The average Bonchev–Trinajstić information content (AvgIpc) is 2.53. The fourth-order valence-electron chi connectivity index (χ4n) is 1.96. The van der Waals surface area contributed by atoms with E-state index in [-0.39, 0.29) is 0 Å². The van der Waals surface area contributed by atoms with Gasteiger partial charge in [0.15, 0.2) is 0 Å². The van der Waals surface area contributed by atoms with Crippen LogP contribution >= 0.6 is 11.8 Å². The fraction of sp³-hybridized carbons (Fsp3) is 0.833. The van der Waals surface area contributed by atoms with Crippen LogP contribution in [0.2, 0.25) is 0 Å². The smallest absolute Gasteiger partial charge is 0.0510 e. The Bertz CT molecular complexity index is 192. The van der Waals surface area contributed by atoms with Crippen molar-refractivity contribution in [3.63, 3.8) is 0 Å². The van der Waals surface area contributed by atoms with Crippen LogP contribution in [-0.2, 0) is 0 Å². The molecule has 0 aromatic rings. The lowest BCUT2D eigenvalue weighted by Crippen LogP contribution is -2.38. The van der Waals surface area contributed by atoms with E-state index in [4.69, 9.17) is 5.84 Å². The highest BCUT2D eigenvalue weighted by Crippen LogP contribution is 2.21. The summed E-state index contributed by atoms with van der Waals surface area (Å²) in [5.74, 6) is 8.00. The zero-order valence-corrected chi connectivity index (χ0v) is 10.6. The third kappa shape index (κ3) is 5.05. The first-order chi connectivity index (χ1) is 7.38. The molecule has 2 nitrogen and oxygen atoms in total. The van der Waals surface area contributed by atoms with Crippen molar-refractivity contribution >= 4 is 11.8 Å². The minimum atomic E-state index is 0.402. The Morgan fingerprint density at radius 3 is 3.07 bits per heavy atom. The van der Waals surface area contributed by atoms with Crippen LogP contribution in [0.5, 0.6) is 0 Å². The molecule has 0 fully saturated rings. The second-order valence-electron chi connectivity index (χ2n) is 4.17. The van der Waals surface area contributed by atoms with Gasteiger partial charge in [0.2, 0.25) is 0 Å². The Hall–Kier alpha value is 0.0100. The van der Waals surface area contributed by atoms with Crippen molar-refractivity contribution in [2.45, 2.75) is 51.5 Å². The third-order valence-electron chi connectivity index (χ3n) is 2.86. The summed E-state index contributed by atoms with van der Waals surface area (Å²) in [7, 11) is 0. The van der Waals surface area contributed by atoms with Gasteiger partial charge in [0.25, 0.3) is 0 Å². The van der Waals surface area contributed by atoms with E-state index in [9.17, 15) is 0 Å². The summed E-state index contributed by atoms with van der Waals surface area (Å²) in [4.78, 5) is 0. The van der Waals surface area contributed by atoms with Gasteiger partial charge in [-0.2, -0.15) is 11.8 Å². The Kier molecular flexibility index (Phi) is 7.14. The second-order valence-corrected chi connectivity index (χ2v) is 5.32. The lowest BCUT2D eigenvalue weighted by atomic mass is 10.0. The van der Waals surface area contributed by atoms with Crippen molar-refractivity contribution in [3.05, 3.63) is 11.6 Å². The lowest BCUT2D eigenvalue weighted by Gasteiger charge is -2.18. The number of thioether (sulfide) groups is 1. The van der Waals surface area contributed by atoms with E-state index in [1.807, 2.05) is 11.8 Å². The normalized spacial score (nSPS) is 19.5. The summed E-state index contributed by atoms with van der Waals surface area (Å²) in [5.41, 5.74) is 4.51. The average molecular weight is 228 g/mol. The Labute approximate surface area is 98.0 Å². The topological polar surface area (TPSA) is 38.0 Å². The van der Waals surface area contributed by atoms with Crippen LogP contribution in [0.25, 0.3) is 0 Å². The quantitative estimate of drug-likeness (QED) is 0.318. The number of rotatable bonds is 6. The zero-order chi connectivity index (χ0) is 10.9. The van der Waals surface area contributed by atoms with Crippen LogP contribution in [0.1, 0.15) is 45.4 Å². The SMILES string of the molecule is CCCSCC(NN)C1=CCCCCC1. The Morgan fingerprint density at radius 1 is 1.47 bits per heavy atom. The number of nitrogens with two attached hydrogens (primary N) is 1. The van der Waals surface area contributed by atoms with Gasteiger partial charge >= 0.3 is 0 Å². The highest BCUT2D eigenvalue weighted by molar-refractivity contribution is 7.99. The molecule has 88 valence electrons. The maximum atomic E-state index is 5.63. The van der Waals surface area contributed by atoms with Gasteiger partial charge < -0.3 is 0 Å². The molecule has 0 aliphatic heterocycles. The maximum Gasteiger partial charge on any atom is 0.0510 e. The molecule has 0 spiro atoms. The summed E-state index contributed by atoms with van der Waals surface area (Å²) in [6, 6.07) is 0.402. The Balaban J connectivity index is 2.37. The number of hydrogen-bond acceptors (Lipinski definition) is 3. The van der Waals surface area contributed by atoms with Gasteiger partial charge in [-0.1, -0.05) is 25.0 Å². The molecule has 0 aromatic carbocycles. The van der Waals surface area contributed by atoms with Crippen LogP contribution in [-0.4, -0.2) is 17.5 Å². The second kappa shape index (κ2) is 8.20. The van der Waals surface area contributed by atoms with Crippen LogP contribution in [0, 0.1) is 0 Å². The Morgan fingerprint density at radius 2 is 2.33 bits per heavy atom. The van der Waals surface area contributed by atoms with Crippen molar-refractivity contribution in [1.82, 2.24) is 5.43 Å². The molecular formula is C12H24N2S. The van der Waals surface area contributed by atoms with Crippen molar-refractivity contribution in [2.24, 2.45) is 5.84 Å². The fourth-order valence-corrected chi connectivity index (χ4v) is 2.97. The summed E-state index contributed by atoms with van der Waals surface area (Å²) >= 11 is 2.00. The number of hydrogen-bond donors (Lipinski definition) is 2. The van der Waals surface area contributed by atoms with E-state index in [1.165, 1.54) is 44.3 Å². The molecular weight excluding hydrogens is 204 g/mol. The summed E-state index contributed by atoms with van der Waals surface area (Å²) in [6.45, 7) is 2.22. The van der Waals surface area contributed by atoms with Gasteiger partial charge in [-0.3, -0.25) is 11.3 Å². The van der Waals surface area contributed by atoms with Gasteiger partial charge in [0.05, 0.1) is 6.04 Å². The lowest BCUT2D eigenvalue weighted by molar-refractivity contribution is 0.611. The zero-order valence-electron chi connectivity index (χ0n) is 9.80. The van der Waals surface area contributed by atoms with E-state index in [2.05, 4.69) is 18.4 Å². The van der Waals surface area contributed by atoms with Crippen LogP contribution in [0.4, 0.5) is 0 Å². The van der Waals surface area contributed by atoms with E-state index in [0.29, 0.717) is 6.04 Å². The molecule has 0 aromatic heterocycles. The molecule has 1 aliphatic rings. The molecule has 1 rings (SSSR count). The molecule has 0 radical (unpaired) electrons.